The second kappa shape index (κ2) is 7.80. The van der Waals surface area contributed by atoms with Crippen LogP contribution in [-0.2, 0) is 19.8 Å². The molecule has 1 unspecified atom stereocenters. The van der Waals surface area contributed by atoms with Crippen LogP contribution in [0.15, 0.2) is 18.2 Å². The third kappa shape index (κ3) is 3.16. The first-order chi connectivity index (χ1) is 13.1. The number of aldehydes is 1. The Balaban J connectivity index is 0.00000102. The van der Waals surface area contributed by atoms with E-state index in [1.165, 1.54) is 5.56 Å². The van der Waals surface area contributed by atoms with Gasteiger partial charge in [-0.15, -0.1) is 0 Å². The van der Waals surface area contributed by atoms with Gasteiger partial charge in [0.25, 0.3) is 0 Å². The molecule has 146 valence electrons. The molecule has 3 aliphatic rings. The number of anilines is 1. The highest BCUT2D eigenvalue weighted by Gasteiger charge is 2.61. The zero-order chi connectivity index (χ0) is 19.6. The molecule has 2 aliphatic heterocycles. The molecule has 1 atom stereocenters. The molecular formula is C21H29N3O3. The average Bonchev–Trinajstić information content (AvgIpc) is 3.41. The van der Waals surface area contributed by atoms with Gasteiger partial charge in [-0.2, -0.15) is 0 Å². The van der Waals surface area contributed by atoms with E-state index in [9.17, 15) is 14.4 Å². The summed E-state index contributed by atoms with van der Waals surface area (Å²) in [7, 11) is 1.58. The number of hydrogen-bond acceptors (Lipinski definition) is 4. The highest BCUT2D eigenvalue weighted by Crippen LogP contribution is 2.59. The molecule has 1 aliphatic carbocycles. The Morgan fingerprint density at radius 3 is 2.59 bits per heavy atom. The van der Waals surface area contributed by atoms with Gasteiger partial charge in [-0.1, -0.05) is 26.0 Å². The lowest BCUT2D eigenvalue weighted by atomic mass is 9.83. The second-order valence-electron chi connectivity index (χ2n) is 7.27. The molecule has 2 N–H and O–H groups in total. The van der Waals surface area contributed by atoms with Gasteiger partial charge in [0.05, 0.1) is 11.5 Å². The molecule has 1 saturated carbocycles. The normalized spacial score (nSPS) is 20.3. The van der Waals surface area contributed by atoms with Crippen molar-refractivity contribution in [2.75, 3.05) is 25.0 Å². The lowest BCUT2D eigenvalue weighted by Crippen LogP contribution is -2.42. The molecule has 0 bridgehead atoms. The first-order valence-electron chi connectivity index (χ1n) is 9.96. The number of nitrogens with one attached hydrogen (secondary N) is 2. The predicted octanol–water partition coefficient (Wildman–Crippen LogP) is 1.87. The Morgan fingerprint density at radius 1 is 1.37 bits per heavy atom. The number of amides is 2. The maximum atomic E-state index is 13.2. The van der Waals surface area contributed by atoms with E-state index in [0.29, 0.717) is 12.3 Å². The maximum absolute atomic E-state index is 13.2. The fourth-order valence-corrected chi connectivity index (χ4v) is 4.16. The van der Waals surface area contributed by atoms with Gasteiger partial charge >= 0.3 is 0 Å². The minimum Gasteiger partial charge on any atom is -0.359 e. The molecule has 4 rings (SSSR count). The first kappa shape index (κ1) is 19.5. The summed E-state index contributed by atoms with van der Waals surface area (Å²) in [5, 5.41) is 5.86. The van der Waals surface area contributed by atoms with Crippen LogP contribution in [0.25, 0.3) is 0 Å². The van der Waals surface area contributed by atoms with E-state index >= 15 is 0 Å². The molecule has 0 aromatic heterocycles. The summed E-state index contributed by atoms with van der Waals surface area (Å²) in [5.41, 5.74) is 2.84. The summed E-state index contributed by atoms with van der Waals surface area (Å²) >= 11 is 0. The quantitative estimate of drug-likeness (QED) is 0.749. The summed E-state index contributed by atoms with van der Waals surface area (Å²) in [6.45, 7) is 5.88. The molecule has 6 nitrogen and oxygen atoms in total. The number of fused-ring (bicyclic) bond motifs is 2. The van der Waals surface area contributed by atoms with Gasteiger partial charge in [-0.3, -0.25) is 9.59 Å². The van der Waals surface area contributed by atoms with E-state index in [-0.39, 0.29) is 18.2 Å². The molecular weight excluding hydrogens is 342 g/mol. The van der Waals surface area contributed by atoms with Crippen molar-refractivity contribution in [1.82, 2.24) is 10.6 Å². The number of carbonyl (C=O) groups is 3. The standard InChI is InChI=1S/C19H23N3O3.C2H6/c1-20-16(24)6-5-13(11-23)22-15-4-2-3-14(12-9-21-10-12)17(15)19(7-8-19)18(22)25;1-2/h2-4,11-13,21H,5-10H2,1H3,(H,20,24);1-2H3. The summed E-state index contributed by atoms with van der Waals surface area (Å²) in [6, 6.07) is 5.47. The second-order valence-corrected chi connectivity index (χ2v) is 7.27. The van der Waals surface area contributed by atoms with Gasteiger partial charge < -0.3 is 20.3 Å². The topological polar surface area (TPSA) is 78.5 Å². The number of benzene rings is 1. The van der Waals surface area contributed by atoms with E-state index in [4.69, 9.17) is 0 Å². The maximum Gasteiger partial charge on any atom is 0.238 e. The van der Waals surface area contributed by atoms with E-state index < -0.39 is 11.5 Å². The summed E-state index contributed by atoms with van der Waals surface area (Å²) < 4.78 is 0. The number of carbonyl (C=O) groups excluding carboxylic acids is 3. The number of nitrogens with zero attached hydrogens (tertiary/aromatic N) is 1. The molecule has 27 heavy (non-hydrogen) atoms. The third-order valence-corrected chi connectivity index (χ3v) is 5.85. The van der Waals surface area contributed by atoms with Crippen LogP contribution in [0.1, 0.15) is 56.6 Å². The molecule has 1 spiro atoms. The Hall–Kier alpha value is -2.21. The Kier molecular flexibility index (Phi) is 5.65. The molecule has 1 saturated heterocycles. The van der Waals surface area contributed by atoms with E-state index in [2.05, 4.69) is 16.7 Å². The fourth-order valence-electron chi connectivity index (χ4n) is 4.16. The summed E-state index contributed by atoms with van der Waals surface area (Å²) in [5.74, 6) is 0.367. The monoisotopic (exact) mass is 371 g/mol. The van der Waals surface area contributed by atoms with Crippen molar-refractivity contribution in [2.24, 2.45) is 0 Å². The molecule has 2 amide bonds. The van der Waals surface area contributed by atoms with Crippen LogP contribution in [0, 0.1) is 0 Å². The largest absolute Gasteiger partial charge is 0.359 e. The number of rotatable bonds is 6. The molecule has 2 fully saturated rings. The van der Waals surface area contributed by atoms with E-state index in [0.717, 1.165) is 43.5 Å². The Morgan fingerprint density at radius 2 is 2.07 bits per heavy atom. The van der Waals surface area contributed by atoms with Crippen molar-refractivity contribution in [3.05, 3.63) is 29.3 Å². The highest BCUT2D eigenvalue weighted by molar-refractivity contribution is 6.12. The van der Waals surface area contributed by atoms with Crippen LogP contribution in [0.5, 0.6) is 0 Å². The molecule has 2 heterocycles. The van der Waals surface area contributed by atoms with Gasteiger partial charge in [0.1, 0.15) is 6.29 Å². The smallest absolute Gasteiger partial charge is 0.238 e. The zero-order valence-electron chi connectivity index (χ0n) is 16.4. The minimum absolute atomic E-state index is 0.0382. The van der Waals surface area contributed by atoms with Gasteiger partial charge in [-0.25, -0.2) is 0 Å². The average molecular weight is 371 g/mol. The predicted molar refractivity (Wildman–Crippen MR) is 105 cm³/mol. The van der Waals surface area contributed by atoms with E-state index in [1.54, 1.807) is 11.9 Å². The van der Waals surface area contributed by atoms with Gasteiger partial charge in [0.15, 0.2) is 0 Å². The van der Waals surface area contributed by atoms with Crippen molar-refractivity contribution < 1.29 is 14.4 Å². The molecule has 1 aromatic rings. The molecule has 1 aromatic carbocycles. The van der Waals surface area contributed by atoms with Gasteiger partial charge in [0.2, 0.25) is 11.8 Å². The van der Waals surface area contributed by atoms with E-state index in [1.807, 2.05) is 26.0 Å². The van der Waals surface area contributed by atoms with Gasteiger partial charge in [0, 0.05) is 38.2 Å². The highest BCUT2D eigenvalue weighted by atomic mass is 16.2. The lowest BCUT2D eigenvalue weighted by molar-refractivity contribution is -0.123. The van der Waals surface area contributed by atoms with Gasteiger partial charge in [-0.05, 0) is 36.5 Å². The van der Waals surface area contributed by atoms with Crippen molar-refractivity contribution in [3.63, 3.8) is 0 Å². The van der Waals surface area contributed by atoms with Crippen molar-refractivity contribution in [3.8, 4) is 0 Å². The zero-order valence-corrected chi connectivity index (χ0v) is 16.4. The van der Waals surface area contributed by atoms with Crippen LogP contribution >= 0.6 is 0 Å². The Labute approximate surface area is 160 Å². The van der Waals surface area contributed by atoms with Crippen LogP contribution in [0.4, 0.5) is 5.69 Å². The lowest BCUT2D eigenvalue weighted by Gasteiger charge is -2.30. The van der Waals surface area contributed by atoms with Crippen LogP contribution in [-0.4, -0.2) is 44.3 Å². The third-order valence-electron chi connectivity index (χ3n) is 5.85. The summed E-state index contributed by atoms with van der Waals surface area (Å²) in [4.78, 5) is 38.2. The van der Waals surface area contributed by atoms with Crippen LogP contribution < -0.4 is 15.5 Å². The first-order valence-corrected chi connectivity index (χ1v) is 9.96. The minimum atomic E-state index is -0.585. The van der Waals surface area contributed by atoms with Crippen LogP contribution in [0.3, 0.4) is 0 Å². The Bertz CT molecular complexity index is 738. The molecule has 6 heteroatoms. The SMILES string of the molecule is CC.CNC(=O)CCC(C=O)N1C(=O)C2(CC2)c2c(C3CNC3)cccc21. The summed E-state index contributed by atoms with van der Waals surface area (Å²) in [6.07, 6.45) is 3.10. The van der Waals surface area contributed by atoms with Crippen molar-refractivity contribution in [1.29, 1.82) is 0 Å². The van der Waals surface area contributed by atoms with Crippen molar-refractivity contribution in [2.45, 2.75) is 56.9 Å². The van der Waals surface area contributed by atoms with Crippen molar-refractivity contribution >= 4 is 23.8 Å². The number of hydrogen-bond donors (Lipinski definition) is 2. The van der Waals surface area contributed by atoms with Crippen LogP contribution in [0.2, 0.25) is 0 Å². The fraction of sp³-hybridized carbons (Fsp3) is 0.571. The molecule has 0 radical (unpaired) electrons.